The van der Waals surface area contributed by atoms with Crippen molar-refractivity contribution in [1.29, 1.82) is 0 Å². The summed E-state index contributed by atoms with van der Waals surface area (Å²) >= 11 is 0. The number of amides is 1. The zero-order valence-corrected chi connectivity index (χ0v) is 23.0. The van der Waals surface area contributed by atoms with E-state index in [1.54, 1.807) is 12.4 Å². The molecule has 1 aliphatic rings. The highest BCUT2D eigenvalue weighted by atomic mass is 19.4. The van der Waals surface area contributed by atoms with Crippen molar-refractivity contribution in [2.45, 2.75) is 72.1 Å². The Hall–Kier alpha value is -3.40. The van der Waals surface area contributed by atoms with Crippen LogP contribution in [0.25, 0.3) is 0 Å². The van der Waals surface area contributed by atoms with Crippen molar-refractivity contribution in [2.24, 2.45) is 11.3 Å². The molecule has 0 unspecified atom stereocenters. The first-order valence-corrected chi connectivity index (χ1v) is 13.1. The summed E-state index contributed by atoms with van der Waals surface area (Å²) < 4.78 is 40.2. The molecule has 7 nitrogen and oxygen atoms in total. The average molecular weight is 544 g/mol. The van der Waals surface area contributed by atoms with Gasteiger partial charge in [-0.25, -0.2) is 4.98 Å². The van der Waals surface area contributed by atoms with E-state index in [1.807, 2.05) is 39.0 Å². The van der Waals surface area contributed by atoms with Gasteiger partial charge in [0.05, 0.1) is 12.0 Å². The van der Waals surface area contributed by atoms with E-state index in [0.717, 1.165) is 36.0 Å². The van der Waals surface area contributed by atoms with E-state index >= 15 is 0 Å². The number of carbonyl (C=O) groups excluding carboxylic acids is 1. The van der Waals surface area contributed by atoms with Crippen molar-refractivity contribution < 1.29 is 18.0 Å². The number of alkyl halides is 3. The number of nitrogens with zero attached hydrogens (tertiary/aromatic N) is 2. The van der Waals surface area contributed by atoms with Crippen LogP contribution < -0.4 is 16.2 Å². The van der Waals surface area contributed by atoms with E-state index in [1.165, 1.54) is 6.07 Å². The summed E-state index contributed by atoms with van der Waals surface area (Å²) in [5, 5.41) is 5.90. The lowest BCUT2D eigenvalue weighted by molar-refractivity contribution is -0.141. The number of pyridine rings is 1. The van der Waals surface area contributed by atoms with Crippen LogP contribution in [0.5, 0.6) is 0 Å². The molecule has 0 saturated heterocycles. The van der Waals surface area contributed by atoms with Gasteiger partial charge >= 0.3 is 6.18 Å². The van der Waals surface area contributed by atoms with Gasteiger partial charge in [0.15, 0.2) is 0 Å². The van der Waals surface area contributed by atoms with Crippen molar-refractivity contribution in [1.82, 2.24) is 19.9 Å². The number of halogens is 3. The van der Waals surface area contributed by atoms with E-state index in [9.17, 15) is 22.8 Å². The number of nitrogens with one attached hydrogen (secondary N) is 3. The van der Waals surface area contributed by atoms with Crippen LogP contribution in [0.2, 0.25) is 0 Å². The molecule has 0 spiro atoms. The van der Waals surface area contributed by atoms with Gasteiger partial charge in [0.25, 0.3) is 11.5 Å². The average Bonchev–Trinajstić information content (AvgIpc) is 3.24. The lowest BCUT2D eigenvalue weighted by atomic mass is 9.50. The minimum absolute atomic E-state index is 0.123. The maximum Gasteiger partial charge on any atom is 0.406 e. The minimum Gasteiger partial charge on any atom is -0.348 e. The minimum atomic E-state index is -4.61. The molecule has 1 aliphatic carbocycles. The number of anilines is 1. The van der Waals surface area contributed by atoms with Crippen molar-refractivity contribution >= 4 is 11.6 Å². The molecular weight excluding hydrogens is 507 g/mol. The zero-order valence-electron chi connectivity index (χ0n) is 23.0. The molecule has 3 aromatic rings. The molecule has 0 aliphatic heterocycles. The van der Waals surface area contributed by atoms with Crippen molar-refractivity contribution in [3.05, 3.63) is 81.3 Å². The largest absolute Gasteiger partial charge is 0.406 e. The third kappa shape index (κ3) is 6.43. The van der Waals surface area contributed by atoms with Crippen molar-refractivity contribution in [2.75, 3.05) is 11.9 Å². The summed E-state index contributed by atoms with van der Waals surface area (Å²) in [6.45, 7) is 9.80. The lowest BCUT2D eigenvalue weighted by Crippen LogP contribution is -2.48. The molecule has 10 heteroatoms. The Morgan fingerprint density at radius 1 is 1.21 bits per heavy atom. The molecule has 39 heavy (non-hydrogen) atoms. The third-order valence-electron chi connectivity index (χ3n) is 7.14. The highest BCUT2D eigenvalue weighted by Gasteiger charge is 2.53. The number of benzene rings is 1. The maximum atomic E-state index is 13.3. The van der Waals surface area contributed by atoms with E-state index < -0.39 is 24.2 Å². The Bertz CT molecular complexity index is 1400. The van der Waals surface area contributed by atoms with Gasteiger partial charge in [0.2, 0.25) is 0 Å². The van der Waals surface area contributed by atoms with Crippen molar-refractivity contribution in [3.8, 4) is 0 Å². The molecule has 0 bridgehead atoms. The normalized spacial score (nSPS) is 16.2. The molecule has 1 fully saturated rings. The van der Waals surface area contributed by atoms with E-state index in [-0.39, 0.29) is 22.9 Å². The first-order chi connectivity index (χ1) is 18.2. The van der Waals surface area contributed by atoms with Gasteiger partial charge in [-0.1, -0.05) is 39.8 Å². The second-order valence-corrected chi connectivity index (χ2v) is 11.8. The zero-order chi connectivity index (χ0) is 28.6. The number of imidazole rings is 1. The number of aryl methyl sites for hydroxylation is 1. The topological polar surface area (TPSA) is 91.8 Å². The Morgan fingerprint density at radius 2 is 1.92 bits per heavy atom. The summed E-state index contributed by atoms with van der Waals surface area (Å²) in [6.07, 6.45) is -0.0221. The molecule has 1 amide bonds. The van der Waals surface area contributed by atoms with Crippen LogP contribution in [0.1, 0.15) is 73.4 Å². The summed E-state index contributed by atoms with van der Waals surface area (Å²) in [5.41, 5.74) is 2.27. The number of aromatic nitrogens is 3. The summed E-state index contributed by atoms with van der Waals surface area (Å²) in [4.78, 5) is 34.0. The van der Waals surface area contributed by atoms with Gasteiger partial charge in [0.1, 0.15) is 12.1 Å². The number of hydrogen-bond acceptors (Lipinski definition) is 4. The van der Waals surface area contributed by atoms with Gasteiger partial charge in [-0.3, -0.25) is 9.59 Å². The fourth-order valence-corrected chi connectivity index (χ4v) is 5.80. The maximum absolute atomic E-state index is 13.3. The van der Waals surface area contributed by atoms with Crippen LogP contribution in [0.4, 0.5) is 18.9 Å². The van der Waals surface area contributed by atoms with Crippen LogP contribution in [0, 0.1) is 18.3 Å². The molecule has 210 valence electrons. The third-order valence-corrected chi connectivity index (χ3v) is 7.14. The highest BCUT2D eigenvalue weighted by molar-refractivity contribution is 6.04. The van der Waals surface area contributed by atoms with Crippen LogP contribution in [-0.2, 0) is 18.5 Å². The molecule has 1 aromatic carbocycles. The second kappa shape index (κ2) is 10.6. The first kappa shape index (κ1) is 28.6. The Balaban J connectivity index is 1.65. The molecule has 2 heterocycles. The number of rotatable bonds is 9. The van der Waals surface area contributed by atoms with Crippen LogP contribution in [0.15, 0.2) is 47.7 Å². The van der Waals surface area contributed by atoms with Gasteiger partial charge < -0.3 is 20.2 Å². The number of H-pyrrole nitrogens is 1. The smallest absolute Gasteiger partial charge is 0.348 e. The summed E-state index contributed by atoms with van der Waals surface area (Å²) in [7, 11) is 0. The van der Waals surface area contributed by atoms with Gasteiger partial charge in [-0.2, -0.15) is 13.2 Å². The Kier molecular flexibility index (Phi) is 7.80. The van der Waals surface area contributed by atoms with E-state index in [2.05, 4.69) is 34.4 Å². The van der Waals surface area contributed by atoms with E-state index in [0.29, 0.717) is 28.3 Å². The lowest BCUT2D eigenvalue weighted by Gasteiger charge is -2.53. The van der Waals surface area contributed by atoms with Gasteiger partial charge in [-0.05, 0) is 67.0 Å². The SMILES string of the molecule is Cc1[nH]cnc1C1(c2cccc(NC(=O)c3cc(CNCC(C)C)cn(CC(F)(F)F)c3=O)c2)CC(C)(C)C1. The van der Waals surface area contributed by atoms with Crippen LogP contribution in [-0.4, -0.2) is 33.2 Å². The fourth-order valence-electron chi connectivity index (χ4n) is 5.80. The monoisotopic (exact) mass is 543 g/mol. The molecule has 0 radical (unpaired) electrons. The predicted octanol–water partition coefficient (Wildman–Crippen LogP) is 5.55. The quantitative estimate of drug-likeness (QED) is 0.330. The highest BCUT2D eigenvalue weighted by Crippen LogP contribution is 2.59. The van der Waals surface area contributed by atoms with Gasteiger partial charge in [0, 0.05) is 29.5 Å². The number of hydrogen-bond donors (Lipinski definition) is 3. The molecule has 3 N–H and O–H groups in total. The van der Waals surface area contributed by atoms with Gasteiger partial charge in [-0.15, -0.1) is 0 Å². The first-order valence-electron chi connectivity index (χ1n) is 13.1. The molecular formula is C29H36F3N5O2. The Labute approximate surface area is 226 Å². The number of carbonyl (C=O) groups is 1. The molecule has 0 atom stereocenters. The predicted molar refractivity (Wildman–Crippen MR) is 145 cm³/mol. The second-order valence-electron chi connectivity index (χ2n) is 11.8. The summed E-state index contributed by atoms with van der Waals surface area (Å²) in [6, 6.07) is 8.76. The van der Waals surface area contributed by atoms with Crippen LogP contribution in [0.3, 0.4) is 0 Å². The fraction of sp³-hybridized carbons (Fsp3) is 0.483. The molecule has 2 aromatic heterocycles. The standard InChI is InChI=1S/C29H36F3N5O2/c1-18(2)11-33-12-20-9-23(26(39)37(13-20)16-29(30,31)32)25(38)36-22-8-6-7-21(10-22)28(14-27(4,5)15-28)24-19(3)34-17-35-24/h6-10,13,17-18,33H,11-12,14-16H2,1-5H3,(H,34,35)(H,36,38). The molecule has 1 saturated carbocycles. The number of aromatic amines is 1. The molecule has 4 rings (SSSR count). The summed E-state index contributed by atoms with van der Waals surface area (Å²) in [5.74, 6) is -0.423. The van der Waals surface area contributed by atoms with Crippen LogP contribution >= 0.6 is 0 Å². The van der Waals surface area contributed by atoms with E-state index in [4.69, 9.17) is 0 Å². The Morgan fingerprint density at radius 3 is 2.51 bits per heavy atom. The van der Waals surface area contributed by atoms with Crippen molar-refractivity contribution in [3.63, 3.8) is 0 Å².